The van der Waals surface area contributed by atoms with Gasteiger partial charge in [0.15, 0.2) is 0 Å². The van der Waals surface area contributed by atoms with Crippen LogP contribution in [0.5, 0.6) is 0 Å². The maximum atomic E-state index is 13.9. The van der Waals surface area contributed by atoms with Crippen LogP contribution in [0.2, 0.25) is 0 Å². The van der Waals surface area contributed by atoms with Crippen molar-refractivity contribution in [3.63, 3.8) is 0 Å². The summed E-state index contributed by atoms with van der Waals surface area (Å²) in [6.07, 6.45) is 0. The summed E-state index contributed by atoms with van der Waals surface area (Å²) in [4.78, 5) is 29.9. The molecule has 2 aliphatic heterocycles. The molecule has 33 heavy (non-hydrogen) atoms. The third kappa shape index (κ3) is 5.34. The van der Waals surface area contributed by atoms with Gasteiger partial charge in [0.25, 0.3) is 0 Å². The van der Waals surface area contributed by atoms with Gasteiger partial charge in [-0.3, -0.25) is 4.90 Å². The number of nitrogens with zero attached hydrogens (tertiary/aromatic N) is 2. The number of hydrogen-bond donors (Lipinski definition) is 2. The molecule has 1 saturated heterocycles. The summed E-state index contributed by atoms with van der Waals surface area (Å²) < 4.78 is 19.2. The van der Waals surface area contributed by atoms with Gasteiger partial charge in [-0.25, -0.2) is 14.0 Å². The van der Waals surface area contributed by atoms with E-state index >= 15 is 0 Å². The molecule has 8 heteroatoms. The van der Waals surface area contributed by atoms with E-state index in [0.29, 0.717) is 23.4 Å². The highest BCUT2D eigenvalue weighted by Crippen LogP contribution is 2.29. The number of aryl methyl sites for hydroxylation is 1. The second-order valence-electron chi connectivity index (χ2n) is 8.30. The summed E-state index contributed by atoms with van der Waals surface area (Å²) in [6.45, 7) is 7.65. The van der Waals surface area contributed by atoms with Gasteiger partial charge in [0, 0.05) is 44.1 Å². The average molecular weight is 453 g/mol. The minimum atomic E-state index is -0.780. The van der Waals surface area contributed by atoms with Crippen molar-refractivity contribution in [2.75, 3.05) is 44.2 Å². The van der Waals surface area contributed by atoms with E-state index < -0.39 is 23.9 Å². The highest BCUT2D eigenvalue weighted by molar-refractivity contribution is 5.95. The maximum absolute atomic E-state index is 13.9. The zero-order valence-electron chi connectivity index (χ0n) is 18.9. The van der Waals surface area contributed by atoms with Crippen molar-refractivity contribution in [2.45, 2.75) is 19.9 Å². The van der Waals surface area contributed by atoms with Gasteiger partial charge in [-0.2, -0.15) is 0 Å². The Morgan fingerprint density at radius 2 is 1.88 bits per heavy atom. The van der Waals surface area contributed by atoms with Crippen LogP contribution >= 0.6 is 0 Å². The fourth-order valence-corrected chi connectivity index (χ4v) is 4.34. The molecule has 1 fully saturated rings. The Kier molecular flexibility index (Phi) is 6.93. The van der Waals surface area contributed by atoms with Crippen molar-refractivity contribution in [1.29, 1.82) is 0 Å². The molecular formula is C25H29FN4O3. The molecule has 4 rings (SSSR count). The predicted octanol–water partition coefficient (Wildman–Crippen LogP) is 3.13. The summed E-state index contributed by atoms with van der Waals surface area (Å²) in [5.41, 5.74) is 3.72. The minimum Gasteiger partial charge on any atom is -0.463 e. The molecule has 2 aromatic rings. The van der Waals surface area contributed by atoms with Crippen LogP contribution in [0.25, 0.3) is 0 Å². The summed E-state index contributed by atoms with van der Waals surface area (Å²) in [6, 6.07) is 13.1. The summed E-state index contributed by atoms with van der Waals surface area (Å²) in [5, 5.41) is 5.55. The minimum absolute atomic E-state index is 0.203. The molecular weight excluding hydrogens is 423 g/mol. The molecule has 0 saturated carbocycles. The molecule has 0 aliphatic carbocycles. The monoisotopic (exact) mass is 452 g/mol. The number of nitrogens with one attached hydrogen (secondary N) is 2. The van der Waals surface area contributed by atoms with Gasteiger partial charge in [-0.05, 0) is 49.2 Å². The Morgan fingerprint density at radius 3 is 2.58 bits per heavy atom. The highest BCUT2D eigenvalue weighted by Gasteiger charge is 2.34. The Labute approximate surface area is 193 Å². The van der Waals surface area contributed by atoms with Gasteiger partial charge >= 0.3 is 12.0 Å². The summed E-state index contributed by atoms with van der Waals surface area (Å²) >= 11 is 0. The lowest BCUT2D eigenvalue weighted by molar-refractivity contribution is -0.139. The Bertz CT molecular complexity index is 1060. The van der Waals surface area contributed by atoms with E-state index in [4.69, 9.17) is 4.74 Å². The maximum Gasteiger partial charge on any atom is 0.338 e. The molecule has 0 unspecified atom stereocenters. The number of carbonyl (C=O) groups excluding carboxylic acids is 2. The SMILES string of the molecule is CCOC(=O)C1=C(CN2CCN(c3cccc(C)c3)CC2)NC(=O)N[C@@H]1c1cccc(F)c1. The number of benzene rings is 2. The molecule has 2 N–H and O–H groups in total. The first-order valence-corrected chi connectivity index (χ1v) is 11.2. The van der Waals surface area contributed by atoms with E-state index in [0.717, 1.165) is 26.2 Å². The summed E-state index contributed by atoms with van der Waals surface area (Å²) in [7, 11) is 0. The number of hydrogen-bond acceptors (Lipinski definition) is 5. The van der Waals surface area contributed by atoms with Crippen LogP contribution in [-0.2, 0) is 9.53 Å². The van der Waals surface area contributed by atoms with Crippen LogP contribution in [0.4, 0.5) is 14.9 Å². The van der Waals surface area contributed by atoms with Crippen LogP contribution in [0.3, 0.4) is 0 Å². The smallest absolute Gasteiger partial charge is 0.338 e. The fourth-order valence-electron chi connectivity index (χ4n) is 4.34. The third-order valence-electron chi connectivity index (χ3n) is 5.95. The second kappa shape index (κ2) is 10.0. The molecule has 2 heterocycles. The van der Waals surface area contributed by atoms with Gasteiger partial charge in [-0.15, -0.1) is 0 Å². The number of anilines is 1. The van der Waals surface area contributed by atoms with Crippen molar-refractivity contribution in [3.8, 4) is 0 Å². The average Bonchev–Trinajstić information content (AvgIpc) is 2.79. The van der Waals surface area contributed by atoms with Crippen LogP contribution in [0.15, 0.2) is 59.8 Å². The molecule has 2 aliphatic rings. The largest absolute Gasteiger partial charge is 0.463 e. The standard InChI is InChI=1S/C25H29FN4O3/c1-3-33-24(31)22-21(27-25(32)28-23(22)18-7-5-8-19(26)15-18)16-29-10-12-30(13-11-29)20-9-4-6-17(2)14-20/h4-9,14-15,23H,3,10-13,16H2,1-2H3,(H2,27,28,32)/t23-/m1/s1. The second-order valence-corrected chi connectivity index (χ2v) is 8.30. The number of piperazine rings is 1. The van der Waals surface area contributed by atoms with E-state index in [-0.39, 0.29) is 6.61 Å². The molecule has 0 radical (unpaired) electrons. The van der Waals surface area contributed by atoms with E-state index in [9.17, 15) is 14.0 Å². The number of amides is 2. The van der Waals surface area contributed by atoms with Crippen LogP contribution in [-0.4, -0.2) is 56.2 Å². The number of urea groups is 1. The number of carbonyl (C=O) groups is 2. The number of rotatable bonds is 6. The van der Waals surface area contributed by atoms with Gasteiger partial charge in [0.2, 0.25) is 0 Å². The lowest BCUT2D eigenvalue weighted by Gasteiger charge is -2.38. The predicted molar refractivity (Wildman–Crippen MR) is 124 cm³/mol. The molecule has 1 atom stereocenters. The molecule has 2 aromatic carbocycles. The van der Waals surface area contributed by atoms with Crippen molar-refractivity contribution >= 4 is 17.7 Å². The zero-order valence-corrected chi connectivity index (χ0v) is 18.9. The first-order chi connectivity index (χ1) is 15.9. The van der Waals surface area contributed by atoms with Crippen molar-refractivity contribution in [2.24, 2.45) is 0 Å². The lowest BCUT2D eigenvalue weighted by atomic mass is 9.94. The first kappa shape index (κ1) is 22.8. The molecule has 0 aromatic heterocycles. The Balaban J connectivity index is 1.56. The van der Waals surface area contributed by atoms with E-state index in [1.807, 2.05) is 0 Å². The molecule has 174 valence electrons. The van der Waals surface area contributed by atoms with E-state index in [1.165, 1.54) is 23.4 Å². The van der Waals surface area contributed by atoms with Crippen molar-refractivity contribution < 1.29 is 18.7 Å². The van der Waals surface area contributed by atoms with Crippen LogP contribution in [0, 0.1) is 12.7 Å². The number of esters is 1. The molecule has 0 bridgehead atoms. The van der Waals surface area contributed by atoms with Gasteiger partial charge < -0.3 is 20.3 Å². The fraction of sp³-hybridized carbons (Fsp3) is 0.360. The highest BCUT2D eigenvalue weighted by atomic mass is 19.1. The van der Waals surface area contributed by atoms with Crippen LogP contribution in [0.1, 0.15) is 24.1 Å². The number of ether oxygens (including phenoxy) is 1. The van der Waals surface area contributed by atoms with Crippen molar-refractivity contribution in [3.05, 3.63) is 76.7 Å². The summed E-state index contributed by atoms with van der Waals surface area (Å²) in [5.74, 6) is -0.954. The molecule has 7 nitrogen and oxygen atoms in total. The van der Waals surface area contributed by atoms with E-state index in [1.54, 1.807) is 19.1 Å². The topological polar surface area (TPSA) is 73.9 Å². The van der Waals surface area contributed by atoms with Gasteiger partial charge in [-0.1, -0.05) is 24.3 Å². The van der Waals surface area contributed by atoms with Crippen LogP contribution < -0.4 is 15.5 Å². The molecule has 2 amide bonds. The zero-order chi connectivity index (χ0) is 23.4. The third-order valence-corrected chi connectivity index (χ3v) is 5.95. The lowest BCUT2D eigenvalue weighted by Crippen LogP contribution is -2.51. The normalized spacial score (nSPS) is 19.2. The number of halogens is 1. The first-order valence-electron chi connectivity index (χ1n) is 11.2. The quantitative estimate of drug-likeness (QED) is 0.659. The van der Waals surface area contributed by atoms with Crippen molar-refractivity contribution in [1.82, 2.24) is 15.5 Å². The molecule has 0 spiro atoms. The van der Waals surface area contributed by atoms with E-state index in [2.05, 4.69) is 51.6 Å². The van der Waals surface area contributed by atoms with Gasteiger partial charge in [0.05, 0.1) is 18.2 Å². The Morgan fingerprint density at radius 1 is 1.12 bits per heavy atom. The Hall–Kier alpha value is -3.39. The van der Waals surface area contributed by atoms with Gasteiger partial charge in [0.1, 0.15) is 5.82 Å².